The first-order valence-electron chi connectivity index (χ1n) is 6.55. The summed E-state index contributed by atoms with van der Waals surface area (Å²) in [4.78, 5) is 0.0880. The maximum atomic E-state index is 13.6. The van der Waals surface area contributed by atoms with E-state index in [1.807, 2.05) is 6.92 Å². The molecule has 2 N–H and O–H groups in total. The minimum atomic E-state index is -3.80. The first-order chi connectivity index (χ1) is 9.92. The highest BCUT2D eigenvalue weighted by Gasteiger charge is 2.16. The highest BCUT2D eigenvalue weighted by atomic mass is 32.2. The largest absolute Gasteiger partial charge is 0.385 e. The fourth-order valence-electron chi connectivity index (χ4n) is 1.88. The lowest BCUT2D eigenvalue weighted by molar-refractivity contribution is 0.598. The Morgan fingerprint density at radius 1 is 1.10 bits per heavy atom. The fraction of sp³-hybridized carbons (Fsp3) is 0.200. The van der Waals surface area contributed by atoms with Gasteiger partial charge in [-0.1, -0.05) is 6.07 Å². The summed E-state index contributed by atoms with van der Waals surface area (Å²) in [5.41, 5.74) is 1.56. The van der Waals surface area contributed by atoms with E-state index in [1.54, 1.807) is 25.1 Å². The van der Waals surface area contributed by atoms with Crippen LogP contribution < -0.4 is 10.0 Å². The molecule has 6 heteroatoms. The third-order valence-corrected chi connectivity index (χ3v) is 4.29. The molecule has 2 rings (SSSR count). The number of sulfonamides is 1. The van der Waals surface area contributed by atoms with E-state index < -0.39 is 15.8 Å². The molecule has 0 saturated heterocycles. The molecule has 0 aliphatic carbocycles. The smallest absolute Gasteiger partial charge is 0.261 e. The summed E-state index contributed by atoms with van der Waals surface area (Å²) in [6.45, 7) is 4.47. The van der Waals surface area contributed by atoms with Crippen LogP contribution >= 0.6 is 0 Å². The predicted octanol–water partition coefficient (Wildman–Crippen LogP) is 3.37. The third-order valence-electron chi connectivity index (χ3n) is 2.91. The van der Waals surface area contributed by atoms with Gasteiger partial charge in [-0.05, 0) is 55.8 Å². The summed E-state index contributed by atoms with van der Waals surface area (Å²) in [5.74, 6) is -0.603. The van der Waals surface area contributed by atoms with Crippen LogP contribution in [0.4, 0.5) is 15.8 Å². The maximum Gasteiger partial charge on any atom is 0.261 e. The summed E-state index contributed by atoms with van der Waals surface area (Å²) in [6, 6.07) is 10.6. The molecule has 0 atom stereocenters. The van der Waals surface area contributed by atoms with Crippen molar-refractivity contribution in [2.45, 2.75) is 18.7 Å². The standard InChI is InChI=1S/C15H17FN2O2S/c1-3-17-12-5-7-13(8-6-12)21(19,20)18-15-10-11(2)4-9-14(15)16/h4-10,17-18H,3H2,1-2H3. The zero-order valence-corrected chi connectivity index (χ0v) is 12.7. The Kier molecular flexibility index (Phi) is 4.47. The molecule has 0 amide bonds. The number of hydrogen-bond donors (Lipinski definition) is 2. The number of halogens is 1. The second-order valence-electron chi connectivity index (χ2n) is 4.64. The lowest BCUT2D eigenvalue weighted by atomic mass is 10.2. The van der Waals surface area contributed by atoms with Crippen molar-refractivity contribution in [1.29, 1.82) is 0 Å². The second kappa shape index (κ2) is 6.13. The Balaban J connectivity index is 2.27. The number of hydrogen-bond acceptors (Lipinski definition) is 3. The minimum absolute atomic E-state index is 0.0502. The van der Waals surface area contributed by atoms with Crippen LogP contribution in [0.15, 0.2) is 47.4 Å². The van der Waals surface area contributed by atoms with Crippen LogP contribution in [0.5, 0.6) is 0 Å². The van der Waals surface area contributed by atoms with Gasteiger partial charge in [-0.25, -0.2) is 12.8 Å². The summed E-state index contributed by atoms with van der Waals surface area (Å²) < 4.78 is 40.4. The average molecular weight is 308 g/mol. The Morgan fingerprint density at radius 2 is 1.76 bits per heavy atom. The van der Waals surface area contributed by atoms with Crippen LogP contribution in [0.3, 0.4) is 0 Å². The molecule has 0 aromatic heterocycles. The van der Waals surface area contributed by atoms with Gasteiger partial charge in [-0.15, -0.1) is 0 Å². The lowest BCUT2D eigenvalue weighted by Gasteiger charge is -2.10. The van der Waals surface area contributed by atoms with Crippen molar-refractivity contribution in [3.05, 3.63) is 53.8 Å². The van der Waals surface area contributed by atoms with Crippen LogP contribution in [0.2, 0.25) is 0 Å². The molecule has 4 nitrogen and oxygen atoms in total. The first-order valence-corrected chi connectivity index (χ1v) is 8.03. The molecule has 0 bridgehead atoms. The topological polar surface area (TPSA) is 58.2 Å². The Morgan fingerprint density at radius 3 is 2.38 bits per heavy atom. The lowest BCUT2D eigenvalue weighted by Crippen LogP contribution is -2.14. The van der Waals surface area contributed by atoms with Gasteiger partial charge in [-0.3, -0.25) is 4.72 Å². The van der Waals surface area contributed by atoms with Gasteiger partial charge in [0.1, 0.15) is 5.82 Å². The zero-order chi connectivity index (χ0) is 15.5. The first kappa shape index (κ1) is 15.3. The summed E-state index contributed by atoms with van der Waals surface area (Å²) in [6.07, 6.45) is 0. The van der Waals surface area contributed by atoms with Crippen molar-refractivity contribution < 1.29 is 12.8 Å². The van der Waals surface area contributed by atoms with Gasteiger partial charge in [0, 0.05) is 12.2 Å². The molecule has 0 radical (unpaired) electrons. The van der Waals surface area contributed by atoms with E-state index in [4.69, 9.17) is 0 Å². The van der Waals surface area contributed by atoms with Gasteiger partial charge in [0.2, 0.25) is 0 Å². The van der Waals surface area contributed by atoms with E-state index in [1.165, 1.54) is 24.3 Å². The number of aryl methyl sites for hydroxylation is 1. The minimum Gasteiger partial charge on any atom is -0.385 e. The van der Waals surface area contributed by atoms with Gasteiger partial charge in [0.25, 0.3) is 10.0 Å². The van der Waals surface area contributed by atoms with Gasteiger partial charge >= 0.3 is 0 Å². The van der Waals surface area contributed by atoms with Crippen LogP contribution in [0.1, 0.15) is 12.5 Å². The number of rotatable bonds is 5. The van der Waals surface area contributed by atoms with Gasteiger partial charge in [0.15, 0.2) is 0 Å². The Hall–Kier alpha value is -2.08. The number of anilines is 2. The van der Waals surface area contributed by atoms with Crippen LogP contribution in [-0.2, 0) is 10.0 Å². The van der Waals surface area contributed by atoms with E-state index in [0.29, 0.717) is 0 Å². The SMILES string of the molecule is CCNc1ccc(S(=O)(=O)Nc2cc(C)ccc2F)cc1. The van der Waals surface area contributed by atoms with Gasteiger partial charge in [-0.2, -0.15) is 0 Å². The van der Waals surface area contributed by atoms with Gasteiger partial charge in [0.05, 0.1) is 10.6 Å². The van der Waals surface area contributed by atoms with Crippen molar-refractivity contribution in [3.8, 4) is 0 Å². The van der Waals surface area contributed by atoms with E-state index in [0.717, 1.165) is 17.8 Å². The van der Waals surface area contributed by atoms with Crippen LogP contribution in [-0.4, -0.2) is 15.0 Å². The predicted molar refractivity (Wildman–Crippen MR) is 82.6 cm³/mol. The molecule has 0 heterocycles. The van der Waals surface area contributed by atoms with E-state index >= 15 is 0 Å². The Bertz CT molecular complexity index is 728. The monoisotopic (exact) mass is 308 g/mol. The highest BCUT2D eigenvalue weighted by molar-refractivity contribution is 7.92. The highest BCUT2D eigenvalue weighted by Crippen LogP contribution is 2.21. The summed E-state index contributed by atoms with van der Waals surface area (Å²) in [5, 5.41) is 3.08. The normalized spacial score (nSPS) is 11.2. The molecule has 21 heavy (non-hydrogen) atoms. The molecule has 0 aliphatic rings. The summed E-state index contributed by atoms with van der Waals surface area (Å²) in [7, 11) is -3.80. The fourth-order valence-corrected chi connectivity index (χ4v) is 2.94. The molecule has 2 aromatic carbocycles. The third kappa shape index (κ3) is 3.72. The van der Waals surface area contributed by atoms with Crippen LogP contribution in [0, 0.1) is 12.7 Å². The van der Waals surface area contributed by atoms with Crippen LogP contribution in [0.25, 0.3) is 0 Å². The summed E-state index contributed by atoms with van der Waals surface area (Å²) >= 11 is 0. The molecule has 0 saturated carbocycles. The Labute approximate surface area is 124 Å². The van der Waals surface area contributed by atoms with E-state index in [-0.39, 0.29) is 10.6 Å². The average Bonchev–Trinajstić information content (AvgIpc) is 2.44. The van der Waals surface area contributed by atoms with Crippen molar-refractivity contribution in [3.63, 3.8) is 0 Å². The molecular weight excluding hydrogens is 291 g/mol. The zero-order valence-electron chi connectivity index (χ0n) is 11.9. The van der Waals surface area contributed by atoms with Crippen molar-refractivity contribution in [2.75, 3.05) is 16.6 Å². The van der Waals surface area contributed by atoms with Crippen molar-refractivity contribution in [2.24, 2.45) is 0 Å². The van der Waals surface area contributed by atoms with Crippen molar-refractivity contribution >= 4 is 21.4 Å². The molecule has 0 spiro atoms. The number of benzene rings is 2. The van der Waals surface area contributed by atoms with Gasteiger partial charge < -0.3 is 5.32 Å². The molecule has 0 unspecified atom stereocenters. The van der Waals surface area contributed by atoms with E-state index in [9.17, 15) is 12.8 Å². The van der Waals surface area contributed by atoms with E-state index in [2.05, 4.69) is 10.0 Å². The molecule has 0 aliphatic heterocycles. The molecular formula is C15H17FN2O2S. The quantitative estimate of drug-likeness (QED) is 0.890. The van der Waals surface area contributed by atoms with Crippen molar-refractivity contribution in [1.82, 2.24) is 0 Å². The molecule has 112 valence electrons. The molecule has 2 aromatic rings. The second-order valence-corrected chi connectivity index (χ2v) is 6.33. The maximum absolute atomic E-state index is 13.6. The number of nitrogens with one attached hydrogen (secondary N) is 2. The molecule has 0 fully saturated rings.